The fourth-order valence-corrected chi connectivity index (χ4v) is 2.83. The molecule has 1 aliphatic heterocycles. The van der Waals surface area contributed by atoms with Crippen LogP contribution in [0.5, 0.6) is 5.75 Å². The summed E-state index contributed by atoms with van der Waals surface area (Å²) in [5.74, 6) is 1.15. The highest BCUT2D eigenvalue weighted by atomic mass is 16.5. The van der Waals surface area contributed by atoms with E-state index in [1.165, 1.54) is 0 Å². The Labute approximate surface area is 146 Å². The molecule has 2 amide bonds. The van der Waals surface area contributed by atoms with E-state index in [1.807, 2.05) is 32.0 Å². The number of aryl methyl sites for hydroxylation is 1. The van der Waals surface area contributed by atoms with E-state index in [1.54, 1.807) is 23.3 Å². The first-order valence-electron chi connectivity index (χ1n) is 8.39. The molecule has 0 aliphatic carbocycles. The molecule has 2 heterocycles. The molecular formula is C19H22N2O4. The zero-order valence-corrected chi connectivity index (χ0v) is 14.5. The molecule has 0 fully saturated rings. The zero-order chi connectivity index (χ0) is 17.8. The SMILES string of the molecule is Cc1ccc2c(c1)N(C(=O)CCC(=O)NCc1ccco1)C[C@H](C)O2. The minimum atomic E-state index is -0.171. The first-order valence-corrected chi connectivity index (χ1v) is 8.39. The molecule has 3 rings (SSSR count). The number of nitrogens with zero attached hydrogens (tertiary/aromatic N) is 1. The van der Waals surface area contributed by atoms with Gasteiger partial charge in [-0.15, -0.1) is 0 Å². The third-order valence-electron chi connectivity index (χ3n) is 4.08. The van der Waals surface area contributed by atoms with Crippen LogP contribution in [-0.2, 0) is 16.1 Å². The molecule has 0 spiro atoms. The maximum Gasteiger partial charge on any atom is 0.227 e. The van der Waals surface area contributed by atoms with Crippen LogP contribution >= 0.6 is 0 Å². The van der Waals surface area contributed by atoms with Crippen molar-refractivity contribution >= 4 is 17.5 Å². The van der Waals surface area contributed by atoms with Crippen molar-refractivity contribution in [1.29, 1.82) is 0 Å². The average molecular weight is 342 g/mol. The van der Waals surface area contributed by atoms with Crippen molar-refractivity contribution in [1.82, 2.24) is 5.32 Å². The second-order valence-electron chi connectivity index (χ2n) is 6.26. The lowest BCUT2D eigenvalue weighted by atomic mass is 10.1. The van der Waals surface area contributed by atoms with Crippen molar-refractivity contribution in [2.24, 2.45) is 0 Å². The number of rotatable bonds is 5. The van der Waals surface area contributed by atoms with E-state index in [-0.39, 0.29) is 30.8 Å². The monoisotopic (exact) mass is 342 g/mol. The molecule has 25 heavy (non-hydrogen) atoms. The number of benzene rings is 1. The van der Waals surface area contributed by atoms with Gasteiger partial charge in [-0.1, -0.05) is 6.07 Å². The smallest absolute Gasteiger partial charge is 0.227 e. The zero-order valence-electron chi connectivity index (χ0n) is 14.5. The normalized spacial score (nSPS) is 16.1. The molecule has 0 saturated heterocycles. The molecule has 1 aromatic heterocycles. The van der Waals surface area contributed by atoms with Crippen molar-refractivity contribution in [2.75, 3.05) is 11.4 Å². The Bertz CT molecular complexity index is 755. The maximum absolute atomic E-state index is 12.6. The van der Waals surface area contributed by atoms with Crippen LogP contribution in [0.1, 0.15) is 31.1 Å². The van der Waals surface area contributed by atoms with Crippen LogP contribution in [0.4, 0.5) is 5.69 Å². The summed E-state index contributed by atoms with van der Waals surface area (Å²) in [4.78, 5) is 26.3. The molecular weight excluding hydrogens is 320 g/mol. The Morgan fingerprint density at radius 2 is 2.12 bits per heavy atom. The standard InChI is InChI=1S/C19H22N2O4/c1-13-5-6-17-16(10-13)21(12-14(2)25-17)19(23)8-7-18(22)20-11-15-4-3-9-24-15/h3-6,9-10,14H,7-8,11-12H2,1-2H3,(H,20,22)/t14-/m0/s1. The fourth-order valence-electron chi connectivity index (χ4n) is 2.83. The summed E-state index contributed by atoms with van der Waals surface area (Å²) in [5.41, 5.74) is 1.84. The number of hydrogen-bond acceptors (Lipinski definition) is 4. The number of ether oxygens (including phenoxy) is 1. The third-order valence-corrected chi connectivity index (χ3v) is 4.08. The second-order valence-corrected chi connectivity index (χ2v) is 6.26. The Hall–Kier alpha value is -2.76. The predicted molar refractivity (Wildman–Crippen MR) is 93.4 cm³/mol. The highest BCUT2D eigenvalue weighted by molar-refractivity contribution is 5.97. The van der Waals surface area contributed by atoms with E-state index in [0.29, 0.717) is 24.6 Å². The number of fused-ring (bicyclic) bond motifs is 1. The van der Waals surface area contributed by atoms with E-state index in [0.717, 1.165) is 11.3 Å². The maximum atomic E-state index is 12.6. The van der Waals surface area contributed by atoms with Crippen LogP contribution in [-0.4, -0.2) is 24.5 Å². The van der Waals surface area contributed by atoms with Crippen LogP contribution in [0.15, 0.2) is 41.0 Å². The van der Waals surface area contributed by atoms with Gasteiger partial charge in [0.1, 0.15) is 17.6 Å². The summed E-state index contributed by atoms with van der Waals surface area (Å²) < 4.78 is 11.0. The van der Waals surface area contributed by atoms with E-state index >= 15 is 0 Å². The van der Waals surface area contributed by atoms with Gasteiger partial charge >= 0.3 is 0 Å². The number of amides is 2. The van der Waals surface area contributed by atoms with Crippen molar-refractivity contribution < 1.29 is 18.7 Å². The molecule has 0 bridgehead atoms. The highest BCUT2D eigenvalue weighted by Crippen LogP contribution is 2.34. The Balaban J connectivity index is 1.58. The van der Waals surface area contributed by atoms with Crippen molar-refractivity contribution in [3.8, 4) is 5.75 Å². The summed E-state index contributed by atoms with van der Waals surface area (Å²) in [7, 11) is 0. The number of nitrogens with one attached hydrogen (secondary N) is 1. The van der Waals surface area contributed by atoms with Gasteiger partial charge in [0.05, 0.1) is 25.0 Å². The van der Waals surface area contributed by atoms with Gasteiger partial charge in [0.2, 0.25) is 11.8 Å². The summed E-state index contributed by atoms with van der Waals surface area (Å²) in [6.45, 7) is 4.72. The minimum Gasteiger partial charge on any atom is -0.487 e. The first-order chi connectivity index (χ1) is 12.0. The van der Waals surface area contributed by atoms with Crippen molar-refractivity contribution in [3.63, 3.8) is 0 Å². The Morgan fingerprint density at radius 1 is 1.28 bits per heavy atom. The molecule has 0 unspecified atom stereocenters. The second kappa shape index (κ2) is 7.42. The Kier molecular flexibility index (Phi) is 5.07. The lowest BCUT2D eigenvalue weighted by Gasteiger charge is -2.33. The van der Waals surface area contributed by atoms with Gasteiger partial charge in [-0.25, -0.2) is 0 Å². The van der Waals surface area contributed by atoms with Gasteiger partial charge in [0.15, 0.2) is 0 Å². The largest absolute Gasteiger partial charge is 0.487 e. The molecule has 2 aromatic rings. The molecule has 1 atom stereocenters. The van der Waals surface area contributed by atoms with E-state index < -0.39 is 0 Å². The number of carbonyl (C=O) groups is 2. The quantitative estimate of drug-likeness (QED) is 0.907. The molecule has 0 radical (unpaired) electrons. The third kappa shape index (κ3) is 4.21. The number of carbonyl (C=O) groups excluding carboxylic acids is 2. The van der Waals surface area contributed by atoms with Gasteiger partial charge in [-0.05, 0) is 43.7 Å². The van der Waals surface area contributed by atoms with Gasteiger partial charge in [0.25, 0.3) is 0 Å². The lowest BCUT2D eigenvalue weighted by Crippen LogP contribution is -2.42. The van der Waals surface area contributed by atoms with Crippen LogP contribution in [0.3, 0.4) is 0 Å². The highest BCUT2D eigenvalue weighted by Gasteiger charge is 2.27. The van der Waals surface area contributed by atoms with Crippen LogP contribution in [0.25, 0.3) is 0 Å². The van der Waals surface area contributed by atoms with Gasteiger partial charge in [-0.2, -0.15) is 0 Å². The first kappa shape index (κ1) is 17.1. The number of furan rings is 1. The molecule has 132 valence electrons. The lowest BCUT2D eigenvalue weighted by molar-refractivity contribution is -0.125. The molecule has 1 aromatic carbocycles. The predicted octanol–water partition coefficient (Wildman–Crippen LogP) is 2.80. The summed E-state index contributed by atoms with van der Waals surface area (Å²) in [6, 6.07) is 9.35. The van der Waals surface area contributed by atoms with Crippen LogP contribution < -0.4 is 15.0 Å². The van der Waals surface area contributed by atoms with Crippen molar-refractivity contribution in [2.45, 2.75) is 39.3 Å². The number of anilines is 1. The van der Waals surface area contributed by atoms with Gasteiger partial charge in [-0.3, -0.25) is 9.59 Å². The molecule has 6 heteroatoms. The summed E-state index contributed by atoms with van der Waals surface area (Å²) in [6.07, 6.45) is 1.78. The number of hydrogen-bond donors (Lipinski definition) is 1. The summed E-state index contributed by atoms with van der Waals surface area (Å²) in [5, 5.41) is 2.75. The van der Waals surface area contributed by atoms with Crippen molar-refractivity contribution in [3.05, 3.63) is 47.9 Å². The van der Waals surface area contributed by atoms with E-state index in [9.17, 15) is 9.59 Å². The van der Waals surface area contributed by atoms with Crippen LogP contribution in [0, 0.1) is 6.92 Å². The fraction of sp³-hybridized carbons (Fsp3) is 0.368. The Morgan fingerprint density at radius 3 is 2.88 bits per heavy atom. The van der Waals surface area contributed by atoms with E-state index in [4.69, 9.17) is 9.15 Å². The van der Waals surface area contributed by atoms with E-state index in [2.05, 4.69) is 5.32 Å². The molecule has 1 aliphatic rings. The van der Waals surface area contributed by atoms with Crippen LogP contribution in [0.2, 0.25) is 0 Å². The average Bonchev–Trinajstić information content (AvgIpc) is 3.11. The van der Waals surface area contributed by atoms with Gasteiger partial charge < -0.3 is 19.4 Å². The summed E-state index contributed by atoms with van der Waals surface area (Å²) >= 11 is 0. The molecule has 1 N–H and O–H groups in total. The topological polar surface area (TPSA) is 71.8 Å². The minimum absolute atomic E-state index is 0.0739. The molecule has 0 saturated carbocycles. The molecule has 6 nitrogen and oxygen atoms in total. The van der Waals surface area contributed by atoms with Gasteiger partial charge in [0, 0.05) is 12.8 Å².